The molecule has 1 aromatic carbocycles. The SMILES string of the molecule is CC1(C)C=C(n2cc([N+](=O)[O-])cc(Br)c2=O)c2cc([N+](=O)[O-])ccc2O1. The van der Waals surface area contributed by atoms with Gasteiger partial charge in [0.15, 0.2) is 0 Å². The van der Waals surface area contributed by atoms with Crippen LogP contribution in [0.5, 0.6) is 5.75 Å². The summed E-state index contributed by atoms with van der Waals surface area (Å²) in [5.41, 5.74) is -1.27. The zero-order valence-electron chi connectivity index (χ0n) is 13.6. The second-order valence-corrected chi connectivity index (χ2v) is 7.01. The minimum absolute atomic E-state index is 0.00359. The summed E-state index contributed by atoms with van der Waals surface area (Å²) >= 11 is 3.03. The molecular formula is C16H12BrN3O6. The lowest BCUT2D eigenvalue weighted by molar-refractivity contribution is -0.385. The Hall–Kier alpha value is -3.01. The summed E-state index contributed by atoms with van der Waals surface area (Å²) < 4.78 is 6.89. The first-order valence-electron chi connectivity index (χ1n) is 7.37. The second kappa shape index (κ2) is 6.06. The summed E-state index contributed by atoms with van der Waals surface area (Å²) in [6, 6.07) is 5.12. The summed E-state index contributed by atoms with van der Waals surface area (Å²) in [6.07, 6.45) is 2.68. The van der Waals surface area contributed by atoms with Gasteiger partial charge in [-0.3, -0.25) is 29.6 Å². The van der Waals surface area contributed by atoms with Gasteiger partial charge in [-0.2, -0.15) is 0 Å². The molecule has 10 heteroatoms. The van der Waals surface area contributed by atoms with Crippen LogP contribution in [0.25, 0.3) is 5.70 Å². The Labute approximate surface area is 154 Å². The number of hydrogen-bond acceptors (Lipinski definition) is 6. The van der Waals surface area contributed by atoms with E-state index in [1.54, 1.807) is 19.9 Å². The van der Waals surface area contributed by atoms with E-state index in [2.05, 4.69) is 15.9 Å². The van der Waals surface area contributed by atoms with E-state index in [9.17, 15) is 25.0 Å². The molecule has 26 heavy (non-hydrogen) atoms. The fourth-order valence-corrected chi connectivity index (χ4v) is 3.08. The van der Waals surface area contributed by atoms with Crippen LogP contribution >= 0.6 is 15.9 Å². The van der Waals surface area contributed by atoms with Crippen LogP contribution < -0.4 is 10.3 Å². The molecule has 0 spiro atoms. The Balaban J connectivity index is 2.33. The number of halogens is 1. The number of benzene rings is 1. The largest absolute Gasteiger partial charge is 0.483 e. The van der Waals surface area contributed by atoms with Gasteiger partial charge in [0.2, 0.25) is 0 Å². The lowest BCUT2D eigenvalue weighted by atomic mass is 9.98. The number of ether oxygens (including phenoxy) is 1. The number of hydrogen-bond donors (Lipinski definition) is 0. The van der Waals surface area contributed by atoms with Gasteiger partial charge in [-0.15, -0.1) is 0 Å². The zero-order valence-corrected chi connectivity index (χ0v) is 15.2. The number of fused-ring (bicyclic) bond motifs is 1. The van der Waals surface area contributed by atoms with Crippen molar-refractivity contribution in [2.75, 3.05) is 0 Å². The predicted molar refractivity (Wildman–Crippen MR) is 96.2 cm³/mol. The molecule has 3 rings (SSSR count). The normalized spacial score (nSPS) is 14.8. The number of non-ortho nitro benzene ring substituents is 1. The van der Waals surface area contributed by atoms with Crippen LogP contribution in [0.2, 0.25) is 0 Å². The molecule has 0 N–H and O–H groups in total. The molecule has 0 unspecified atom stereocenters. The summed E-state index contributed by atoms with van der Waals surface area (Å²) in [5.74, 6) is 0.340. The molecule has 9 nitrogen and oxygen atoms in total. The van der Waals surface area contributed by atoms with E-state index < -0.39 is 21.0 Å². The van der Waals surface area contributed by atoms with Crippen LogP contribution in [0.1, 0.15) is 19.4 Å². The molecule has 0 bridgehead atoms. The maximum atomic E-state index is 12.6. The van der Waals surface area contributed by atoms with Crippen LogP contribution in [0.4, 0.5) is 11.4 Å². The average molecular weight is 422 g/mol. The highest BCUT2D eigenvalue weighted by Gasteiger charge is 2.30. The second-order valence-electron chi connectivity index (χ2n) is 6.15. The van der Waals surface area contributed by atoms with E-state index in [1.165, 1.54) is 18.2 Å². The quantitative estimate of drug-likeness (QED) is 0.552. The Morgan fingerprint density at radius 1 is 1.12 bits per heavy atom. The number of nitrogens with zero attached hydrogens (tertiary/aromatic N) is 3. The van der Waals surface area contributed by atoms with Crippen molar-refractivity contribution in [3.8, 4) is 5.75 Å². The van der Waals surface area contributed by atoms with Crippen LogP contribution in [0, 0.1) is 20.2 Å². The standard InChI is InChI=1S/C16H12BrN3O6/c1-16(2)7-13(11-5-9(19(22)23)3-4-14(11)26-16)18-8-10(20(24)25)6-12(17)15(18)21/h3-8H,1-2H3. The Kier molecular flexibility index (Phi) is 4.15. The third-order valence-corrected chi connectivity index (χ3v) is 4.30. The zero-order chi connectivity index (χ0) is 19.2. The van der Waals surface area contributed by atoms with E-state index in [0.717, 1.165) is 16.8 Å². The molecule has 0 radical (unpaired) electrons. The van der Waals surface area contributed by atoms with Crippen LogP contribution in [-0.4, -0.2) is 20.0 Å². The molecule has 1 aliphatic heterocycles. The maximum absolute atomic E-state index is 12.6. The van der Waals surface area contributed by atoms with Crippen molar-refractivity contribution in [1.82, 2.24) is 4.57 Å². The van der Waals surface area contributed by atoms with Gasteiger partial charge < -0.3 is 4.74 Å². The fraction of sp³-hybridized carbons (Fsp3) is 0.188. The van der Waals surface area contributed by atoms with Crippen LogP contribution in [0.15, 0.2) is 45.8 Å². The number of rotatable bonds is 3. The Morgan fingerprint density at radius 2 is 1.77 bits per heavy atom. The molecule has 0 fully saturated rings. The van der Waals surface area contributed by atoms with Crippen molar-refractivity contribution in [3.05, 3.63) is 77.2 Å². The molecule has 1 aromatic heterocycles. The van der Waals surface area contributed by atoms with Crippen LogP contribution in [0.3, 0.4) is 0 Å². The summed E-state index contributed by atoms with van der Waals surface area (Å²) in [4.78, 5) is 33.6. The molecule has 0 amide bonds. The van der Waals surface area contributed by atoms with Gasteiger partial charge in [-0.05, 0) is 41.9 Å². The van der Waals surface area contributed by atoms with E-state index >= 15 is 0 Å². The third-order valence-electron chi connectivity index (χ3n) is 3.74. The fourth-order valence-electron chi connectivity index (χ4n) is 2.65. The van der Waals surface area contributed by atoms with Crippen molar-refractivity contribution in [2.24, 2.45) is 0 Å². The topological polar surface area (TPSA) is 118 Å². The average Bonchev–Trinajstić information content (AvgIpc) is 2.55. The highest BCUT2D eigenvalue weighted by atomic mass is 79.9. The monoisotopic (exact) mass is 421 g/mol. The molecule has 2 heterocycles. The molecule has 134 valence electrons. The van der Waals surface area contributed by atoms with Crippen molar-refractivity contribution in [3.63, 3.8) is 0 Å². The van der Waals surface area contributed by atoms with Gasteiger partial charge in [0.05, 0.1) is 26.2 Å². The predicted octanol–water partition coefficient (Wildman–Crippen LogP) is 3.49. The van der Waals surface area contributed by atoms with Crippen molar-refractivity contribution >= 4 is 33.0 Å². The van der Waals surface area contributed by atoms with Gasteiger partial charge in [-0.1, -0.05) is 0 Å². The van der Waals surface area contributed by atoms with Crippen LogP contribution in [-0.2, 0) is 0 Å². The van der Waals surface area contributed by atoms with E-state index in [0.29, 0.717) is 11.3 Å². The molecular weight excluding hydrogens is 410 g/mol. The minimum Gasteiger partial charge on any atom is -0.483 e. The van der Waals surface area contributed by atoms with Gasteiger partial charge in [0.1, 0.15) is 11.4 Å². The first-order valence-corrected chi connectivity index (χ1v) is 8.16. The van der Waals surface area contributed by atoms with Gasteiger partial charge in [0, 0.05) is 23.8 Å². The third kappa shape index (κ3) is 3.10. The van der Waals surface area contributed by atoms with E-state index in [4.69, 9.17) is 4.74 Å². The van der Waals surface area contributed by atoms with E-state index in [-0.39, 0.29) is 21.5 Å². The number of aromatic nitrogens is 1. The summed E-state index contributed by atoms with van der Waals surface area (Å²) in [5, 5.41) is 22.3. The summed E-state index contributed by atoms with van der Waals surface area (Å²) in [7, 11) is 0. The van der Waals surface area contributed by atoms with Crippen molar-refractivity contribution < 1.29 is 14.6 Å². The molecule has 0 saturated heterocycles. The number of nitro groups is 2. The van der Waals surface area contributed by atoms with Crippen molar-refractivity contribution in [2.45, 2.75) is 19.4 Å². The van der Waals surface area contributed by atoms with Gasteiger partial charge in [-0.25, -0.2) is 0 Å². The van der Waals surface area contributed by atoms with E-state index in [1.807, 2.05) is 0 Å². The first kappa shape index (κ1) is 17.8. The smallest absolute Gasteiger partial charge is 0.287 e. The lowest BCUT2D eigenvalue weighted by Crippen LogP contribution is -2.32. The van der Waals surface area contributed by atoms with Gasteiger partial charge in [0.25, 0.3) is 16.9 Å². The van der Waals surface area contributed by atoms with Gasteiger partial charge >= 0.3 is 0 Å². The highest BCUT2D eigenvalue weighted by molar-refractivity contribution is 9.10. The molecule has 1 aliphatic rings. The molecule has 0 atom stereocenters. The number of nitro benzene ring substituents is 1. The summed E-state index contributed by atoms with van der Waals surface area (Å²) in [6.45, 7) is 3.49. The molecule has 0 aliphatic carbocycles. The Morgan fingerprint density at radius 3 is 2.38 bits per heavy atom. The molecule has 2 aromatic rings. The molecule has 0 saturated carbocycles. The number of pyridine rings is 1. The maximum Gasteiger partial charge on any atom is 0.287 e. The lowest BCUT2D eigenvalue weighted by Gasteiger charge is -2.31. The highest BCUT2D eigenvalue weighted by Crippen LogP contribution is 2.38. The Bertz CT molecular complexity index is 1040. The van der Waals surface area contributed by atoms with Crippen molar-refractivity contribution in [1.29, 1.82) is 0 Å². The minimum atomic E-state index is -0.824. The first-order chi connectivity index (χ1) is 12.1.